The van der Waals surface area contributed by atoms with Gasteiger partial charge in [0.15, 0.2) is 0 Å². The topological polar surface area (TPSA) is 69.6 Å². The fraction of sp³-hybridized carbons (Fsp3) is 0.867. The van der Waals surface area contributed by atoms with Crippen LogP contribution in [0, 0.1) is 0 Å². The number of amides is 2. The third-order valence-electron chi connectivity index (χ3n) is 4.86. The molecule has 1 aliphatic carbocycles. The summed E-state index contributed by atoms with van der Waals surface area (Å²) in [6.45, 7) is 4.85. The van der Waals surface area contributed by atoms with Gasteiger partial charge in [0.1, 0.15) is 5.54 Å². The molecule has 2 N–H and O–H groups in total. The Bertz CT molecular complexity index is 394. The number of carbonyl (C=O) groups excluding carboxylic acids is 1. The maximum Gasteiger partial charge on any atom is 0.329 e. The van der Waals surface area contributed by atoms with Crippen LogP contribution in [0.15, 0.2) is 0 Å². The van der Waals surface area contributed by atoms with Crippen LogP contribution in [0.1, 0.15) is 52.4 Å². The standard InChI is InChI=1S/C15H26N2O3S/c1-11-12(2)21-10-9-17(11)14(20)16-15(13(18)19)7-5-3-4-6-8-15/h11-12H,3-10H2,1-2H3,(H,16,20)(H,18,19). The van der Waals surface area contributed by atoms with Crippen molar-refractivity contribution in [2.24, 2.45) is 0 Å². The van der Waals surface area contributed by atoms with Gasteiger partial charge in [-0.05, 0) is 19.8 Å². The highest BCUT2D eigenvalue weighted by Crippen LogP contribution is 2.29. The molecule has 2 aliphatic rings. The fourth-order valence-corrected chi connectivity index (χ4v) is 4.32. The van der Waals surface area contributed by atoms with Crippen LogP contribution < -0.4 is 5.32 Å². The predicted molar refractivity (Wildman–Crippen MR) is 84.7 cm³/mol. The van der Waals surface area contributed by atoms with Gasteiger partial charge in [0.2, 0.25) is 0 Å². The third kappa shape index (κ3) is 3.65. The molecule has 2 unspecified atom stereocenters. The normalized spacial score (nSPS) is 29.5. The second-order valence-corrected chi connectivity index (χ2v) is 7.73. The van der Waals surface area contributed by atoms with Crippen LogP contribution in [0.5, 0.6) is 0 Å². The minimum atomic E-state index is -1.07. The summed E-state index contributed by atoms with van der Waals surface area (Å²) in [5.41, 5.74) is -1.07. The molecule has 2 rings (SSSR count). The van der Waals surface area contributed by atoms with E-state index in [9.17, 15) is 14.7 Å². The quantitative estimate of drug-likeness (QED) is 0.769. The van der Waals surface area contributed by atoms with Crippen LogP contribution in [-0.2, 0) is 4.79 Å². The molecule has 2 atom stereocenters. The average Bonchev–Trinajstić information content (AvgIpc) is 2.68. The van der Waals surface area contributed by atoms with Crippen molar-refractivity contribution in [2.75, 3.05) is 12.3 Å². The number of aliphatic carboxylic acids is 1. The minimum absolute atomic E-state index is 0.139. The van der Waals surface area contributed by atoms with Crippen LogP contribution >= 0.6 is 11.8 Å². The number of thioether (sulfide) groups is 1. The van der Waals surface area contributed by atoms with E-state index in [1.54, 1.807) is 4.90 Å². The van der Waals surface area contributed by atoms with Gasteiger partial charge in [-0.1, -0.05) is 32.6 Å². The lowest BCUT2D eigenvalue weighted by atomic mass is 9.90. The largest absolute Gasteiger partial charge is 0.480 e. The van der Waals surface area contributed by atoms with Gasteiger partial charge in [-0.15, -0.1) is 0 Å². The van der Waals surface area contributed by atoms with E-state index in [1.807, 2.05) is 18.7 Å². The molecule has 1 saturated carbocycles. The molecule has 120 valence electrons. The molecule has 0 radical (unpaired) electrons. The number of rotatable bonds is 2. The zero-order chi connectivity index (χ0) is 15.5. The second kappa shape index (κ2) is 6.90. The first kappa shape index (κ1) is 16.5. The Kier molecular flexibility index (Phi) is 5.41. The van der Waals surface area contributed by atoms with Crippen LogP contribution in [0.3, 0.4) is 0 Å². The Balaban J connectivity index is 2.09. The number of urea groups is 1. The zero-order valence-electron chi connectivity index (χ0n) is 12.9. The average molecular weight is 314 g/mol. The van der Waals surface area contributed by atoms with Crippen molar-refractivity contribution in [1.82, 2.24) is 10.2 Å². The molecule has 1 saturated heterocycles. The predicted octanol–water partition coefficient (Wildman–Crippen LogP) is 2.70. The summed E-state index contributed by atoms with van der Waals surface area (Å²) in [5.74, 6) is 0.0313. The van der Waals surface area contributed by atoms with Crippen molar-refractivity contribution in [3.8, 4) is 0 Å². The Morgan fingerprint density at radius 1 is 1.19 bits per heavy atom. The van der Waals surface area contributed by atoms with Crippen LogP contribution in [0.25, 0.3) is 0 Å². The summed E-state index contributed by atoms with van der Waals surface area (Å²) in [6.07, 6.45) is 4.93. The van der Waals surface area contributed by atoms with Crippen LogP contribution in [0.2, 0.25) is 0 Å². The maximum absolute atomic E-state index is 12.6. The van der Waals surface area contributed by atoms with Crippen molar-refractivity contribution >= 4 is 23.8 Å². The maximum atomic E-state index is 12.6. The number of nitrogens with zero attached hydrogens (tertiary/aromatic N) is 1. The second-order valence-electron chi connectivity index (χ2n) is 6.24. The van der Waals surface area contributed by atoms with Gasteiger partial charge in [0.25, 0.3) is 0 Å². The minimum Gasteiger partial charge on any atom is -0.480 e. The van der Waals surface area contributed by atoms with Gasteiger partial charge in [0, 0.05) is 23.6 Å². The monoisotopic (exact) mass is 314 g/mol. The molecular weight excluding hydrogens is 288 g/mol. The first-order valence-electron chi connectivity index (χ1n) is 7.90. The lowest BCUT2D eigenvalue weighted by Crippen LogP contribution is -2.60. The van der Waals surface area contributed by atoms with E-state index in [0.717, 1.165) is 31.4 Å². The zero-order valence-corrected chi connectivity index (χ0v) is 13.7. The molecule has 21 heavy (non-hydrogen) atoms. The first-order chi connectivity index (χ1) is 9.96. The highest BCUT2D eigenvalue weighted by molar-refractivity contribution is 8.00. The van der Waals surface area contributed by atoms with Gasteiger partial charge in [-0.2, -0.15) is 11.8 Å². The number of nitrogens with one attached hydrogen (secondary N) is 1. The van der Waals surface area contributed by atoms with Gasteiger partial charge in [-0.3, -0.25) is 0 Å². The highest BCUT2D eigenvalue weighted by Gasteiger charge is 2.42. The van der Waals surface area contributed by atoms with Crippen molar-refractivity contribution in [1.29, 1.82) is 0 Å². The summed E-state index contributed by atoms with van der Waals surface area (Å²) in [7, 11) is 0. The van der Waals surface area contributed by atoms with Crippen molar-refractivity contribution in [3.05, 3.63) is 0 Å². The molecule has 1 heterocycles. The molecule has 6 heteroatoms. The number of hydrogen-bond donors (Lipinski definition) is 2. The number of carbonyl (C=O) groups is 2. The molecule has 0 aromatic carbocycles. The summed E-state index contributed by atoms with van der Waals surface area (Å²) in [4.78, 5) is 26.1. The fourth-order valence-electron chi connectivity index (χ4n) is 3.22. The third-order valence-corrected chi connectivity index (χ3v) is 6.20. The van der Waals surface area contributed by atoms with E-state index in [1.165, 1.54) is 0 Å². The van der Waals surface area contributed by atoms with Crippen LogP contribution in [-0.4, -0.2) is 51.1 Å². The van der Waals surface area contributed by atoms with Crippen molar-refractivity contribution < 1.29 is 14.7 Å². The van der Waals surface area contributed by atoms with E-state index in [2.05, 4.69) is 12.2 Å². The van der Waals surface area contributed by atoms with Gasteiger partial charge in [-0.25, -0.2) is 9.59 Å². The molecule has 5 nitrogen and oxygen atoms in total. The van der Waals surface area contributed by atoms with E-state index >= 15 is 0 Å². The lowest BCUT2D eigenvalue weighted by Gasteiger charge is -2.40. The molecule has 1 aliphatic heterocycles. The first-order valence-corrected chi connectivity index (χ1v) is 8.95. The number of carboxylic acids is 1. The molecular formula is C15H26N2O3S. The van der Waals surface area contributed by atoms with Gasteiger partial charge in [0.05, 0.1) is 0 Å². The Morgan fingerprint density at radius 2 is 1.81 bits per heavy atom. The summed E-state index contributed by atoms with van der Waals surface area (Å²) in [5, 5.41) is 12.9. The van der Waals surface area contributed by atoms with E-state index < -0.39 is 11.5 Å². The Morgan fingerprint density at radius 3 is 2.38 bits per heavy atom. The number of hydrogen-bond acceptors (Lipinski definition) is 3. The molecule has 0 bridgehead atoms. The molecule has 2 fully saturated rings. The van der Waals surface area contributed by atoms with Crippen LogP contribution in [0.4, 0.5) is 4.79 Å². The summed E-state index contributed by atoms with van der Waals surface area (Å²) < 4.78 is 0. The summed E-state index contributed by atoms with van der Waals surface area (Å²) >= 11 is 1.86. The molecule has 0 aromatic rings. The summed E-state index contributed by atoms with van der Waals surface area (Å²) in [6, 6.07) is -0.0701. The molecule has 0 aromatic heterocycles. The van der Waals surface area contributed by atoms with E-state index in [4.69, 9.17) is 0 Å². The van der Waals surface area contributed by atoms with Crippen molar-refractivity contribution in [3.63, 3.8) is 0 Å². The molecule has 0 spiro atoms. The van der Waals surface area contributed by atoms with Gasteiger partial charge >= 0.3 is 12.0 Å². The van der Waals surface area contributed by atoms with E-state index in [-0.39, 0.29) is 12.1 Å². The van der Waals surface area contributed by atoms with E-state index in [0.29, 0.717) is 24.6 Å². The SMILES string of the molecule is CC1SCCN(C(=O)NC2(C(=O)O)CCCCCC2)C1C. The Hall–Kier alpha value is -0.910. The lowest BCUT2D eigenvalue weighted by molar-refractivity contribution is -0.145. The molecule has 2 amide bonds. The Labute approximate surface area is 130 Å². The smallest absolute Gasteiger partial charge is 0.329 e. The van der Waals surface area contributed by atoms with Crippen molar-refractivity contribution in [2.45, 2.75) is 69.2 Å². The van der Waals surface area contributed by atoms with Gasteiger partial charge < -0.3 is 15.3 Å². The number of carboxylic acid groups (broad SMARTS) is 1. The highest BCUT2D eigenvalue weighted by atomic mass is 32.2.